The number of ether oxygens (including phenoxy) is 2. The second kappa shape index (κ2) is 16.8. The zero-order valence-electron chi connectivity index (χ0n) is 25.3. The van der Waals surface area contributed by atoms with E-state index in [1.54, 1.807) is 52.0 Å². The van der Waals surface area contributed by atoms with Gasteiger partial charge in [-0.05, 0) is 51.3 Å². The largest absolute Gasteiger partial charge is 0.466 e. The van der Waals surface area contributed by atoms with Gasteiger partial charge in [0.05, 0.1) is 13.0 Å². The molecule has 2 atom stereocenters. The molecule has 0 aromatic heterocycles. The molecule has 42 heavy (non-hydrogen) atoms. The highest BCUT2D eigenvalue weighted by molar-refractivity contribution is 5.93. The SMILES string of the molecule is C#Cc1ccccc1C(C(=O)NCCC(=O)OCC)N(CCCC)C(=O)C(Cc1ccccc1)NC(=O)OC(C)(C)C. The van der Waals surface area contributed by atoms with Crippen molar-refractivity contribution in [3.63, 3.8) is 0 Å². The molecular formula is C33H43N3O6. The zero-order valence-corrected chi connectivity index (χ0v) is 25.3. The quantitative estimate of drug-likeness (QED) is 0.252. The van der Waals surface area contributed by atoms with Gasteiger partial charge in [-0.3, -0.25) is 14.4 Å². The first-order valence-electron chi connectivity index (χ1n) is 14.3. The molecule has 0 saturated carbocycles. The van der Waals surface area contributed by atoms with Crippen LogP contribution in [0.3, 0.4) is 0 Å². The molecular weight excluding hydrogens is 534 g/mol. The molecule has 0 fully saturated rings. The van der Waals surface area contributed by atoms with Crippen LogP contribution in [-0.4, -0.2) is 60.1 Å². The van der Waals surface area contributed by atoms with E-state index in [-0.39, 0.29) is 32.5 Å². The molecule has 0 saturated heterocycles. The minimum atomic E-state index is -1.11. The van der Waals surface area contributed by atoms with Gasteiger partial charge in [-0.25, -0.2) is 4.79 Å². The number of nitrogens with zero attached hydrogens (tertiary/aromatic N) is 1. The number of rotatable bonds is 14. The van der Waals surface area contributed by atoms with Crippen LogP contribution >= 0.6 is 0 Å². The van der Waals surface area contributed by atoms with Gasteiger partial charge in [-0.1, -0.05) is 67.8 Å². The normalized spacial score (nSPS) is 12.3. The van der Waals surface area contributed by atoms with Gasteiger partial charge in [-0.2, -0.15) is 0 Å². The Bertz CT molecular complexity index is 1230. The lowest BCUT2D eigenvalue weighted by atomic mass is 9.96. The summed E-state index contributed by atoms with van der Waals surface area (Å²) in [4.78, 5) is 54.4. The third kappa shape index (κ3) is 10.9. The van der Waals surface area contributed by atoms with Crippen molar-refractivity contribution in [3.8, 4) is 12.3 Å². The summed E-state index contributed by atoms with van der Waals surface area (Å²) in [5.41, 5.74) is 0.965. The number of unbranched alkanes of at least 4 members (excludes halogenated alkanes) is 1. The minimum Gasteiger partial charge on any atom is -0.466 e. The highest BCUT2D eigenvalue weighted by Gasteiger charge is 2.37. The van der Waals surface area contributed by atoms with E-state index < -0.39 is 41.6 Å². The Balaban J connectivity index is 2.54. The first-order chi connectivity index (χ1) is 20.0. The molecule has 9 heteroatoms. The van der Waals surface area contributed by atoms with E-state index in [0.29, 0.717) is 17.5 Å². The molecule has 2 aromatic rings. The van der Waals surface area contributed by atoms with Gasteiger partial charge in [0.1, 0.15) is 17.7 Å². The molecule has 0 bridgehead atoms. The summed E-state index contributed by atoms with van der Waals surface area (Å²) in [6.07, 6.45) is 6.56. The van der Waals surface area contributed by atoms with Crippen molar-refractivity contribution in [3.05, 3.63) is 71.3 Å². The number of terminal acetylenes is 1. The number of amides is 3. The summed E-state index contributed by atoms with van der Waals surface area (Å²) in [5, 5.41) is 5.52. The lowest BCUT2D eigenvalue weighted by Gasteiger charge is -2.35. The number of alkyl carbamates (subject to hydrolysis) is 1. The molecule has 0 aliphatic heterocycles. The number of hydrogen-bond donors (Lipinski definition) is 2. The highest BCUT2D eigenvalue weighted by atomic mass is 16.6. The molecule has 0 heterocycles. The van der Waals surface area contributed by atoms with Crippen molar-refractivity contribution in [1.29, 1.82) is 0 Å². The first-order valence-corrected chi connectivity index (χ1v) is 14.3. The second-order valence-electron chi connectivity index (χ2n) is 10.8. The fraction of sp³-hybridized carbons (Fsp3) is 0.455. The number of hydrogen-bond acceptors (Lipinski definition) is 6. The van der Waals surface area contributed by atoms with Gasteiger partial charge in [0, 0.05) is 25.1 Å². The van der Waals surface area contributed by atoms with Crippen LogP contribution in [0.25, 0.3) is 0 Å². The van der Waals surface area contributed by atoms with Crippen LogP contribution in [0, 0.1) is 12.3 Å². The molecule has 2 rings (SSSR count). The summed E-state index contributed by atoms with van der Waals surface area (Å²) in [7, 11) is 0. The van der Waals surface area contributed by atoms with Crippen molar-refractivity contribution in [1.82, 2.24) is 15.5 Å². The third-order valence-electron chi connectivity index (χ3n) is 6.21. The van der Waals surface area contributed by atoms with E-state index in [1.165, 1.54) is 4.90 Å². The molecule has 2 unspecified atom stereocenters. The van der Waals surface area contributed by atoms with Gasteiger partial charge in [0.2, 0.25) is 11.8 Å². The fourth-order valence-corrected chi connectivity index (χ4v) is 4.33. The van der Waals surface area contributed by atoms with E-state index in [9.17, 15) is 19.2 Å². The van der Waals surface area contributed by atoms with Crippen LogP contribution in [0.4, 0.5) is 4.79 Å². The standard InChI is InChI=1S/C33H43N3O6/c1-7-10-22-36(31(39)27(23-24-16-12-11-13-17-24)35-32(40)42-33(4,5)6)29(26-19-15-14-18-25(26)8-2)30(38)34-21-20-28(37)41-9-3/h2,11-19,27,29H,7,9-10,20-23H2,1,3-6H3,(H,34,38)(H,35,40). The highest BCUT2D eigenvalue weighted by Crippen LogP contribution is 2.27. The maximum atomic E-state index is 14.4. The Kier molecular flexibility index (Phi) is 13.6. The van der Waals surface area contributed by atoms with Crippen LogP contribution in [0.1, 0.15) is 76.6 Å². The van der Waals surface area contributed by atoms with Crippen LogP contribution < -0.4 is 10.6 Å². The average molecular weight is 578 g/mol. The summed E-state index contributed by atoms with van der Waals surface area (Å²) >= 11 is 0. The monoisotopic (exact) mass is 577 g/mol. The molecule has 0 aliphatic carbocycles. The smallest absolute Gasteiger partial charge is 0.408 e. The molecule has 226 valence electrons. The molecule has 0 radical (unpaired) electrons. The number of nitrogens with one attached hydrogen (secondary N) is 2. The molecule has 2 N–H and O–H groups in total. The van der Waals surface area contributed by atoms with E-state index >= 15 is 0 Å². The van der Waals surface area contributed by atoms with Crippen molar-refractivity contribution < 1.29 is 28.7 Å². The topological polar surface area (TPSA) is 114 Å². The lowest BCUT2D eigenvalue weighted by Crippen LogP contribution is -2.54. The van der Waals surface area contributed by atoms with Crippen molar-refractivity contribution >= 4 is 23.9 Å². The first kappa shape index (κ1) is 33.9. The Morgan fingerprint density at radius 2 is 1.67 bits per heavy atom. The lowest BCUT2D eigenvalue weighted by molar-refractivity contribution is -0.144. The maximum absolute atomic E-state index is 14.4. The zero-order chi connectivity index (χ0) is 31.1. The van der Waals surface area contributed by atoms with Crippen LogP contribution in [-0.2, 0) is 30.3 Å². The minimum absolute atomic E-state index is 0.0196. The van der Waals surface area contributed by atoms with Crippen LogP contribution in [0.2, 0.25) is 0 Å². The van der Waals surface area contributed by atoms with Crippen LogP contribution in [0.5, 0.6) is 0 Å². The number of esters is 1. The Labute approximate surface area is 249 Å². The average Bonchev–Trinajstić information content (AvgIpc) is 2.94. The van der Waals surface area contributed by atoms with Crippen molar-refractivity contribution in [2.24, 2.45) is 0 Å². The van der Waals surface area contributed by atoms with Gasteiger partial charge in [0.15, 0.2) is 0 Å². The van der Waals surface area contributed by atoms with E-state index in [0.717, 1.165) is 12.0 Å². The Morgan fingerprint density at radius 1 is 1.00 bits per heavy atom. The predicted octanol–water partition coefficient (Wildman–Crippen LogP) is 4.54. The number of carbonyl (C=O) groups excluding carboxylic acids is 4. The summed E-state index contributed by atoms with van der Waals surface area (Å²) in [6.45, 7) is 9.38. The molecule has 9 nitrogen and oxygen atoms in total. The van der Waals surface area contributed by atoms with Gasteiger partial charge in [0.25, 0.3) is 0 Å². The molecule has 0 aliphatic rings. The number of benzene rings is 2. The molecule has 3 amide bonds. The van der Waals surface area contributed by atoms with E-state index in [1.807, 2.05) is 37.3 Å². The Hall–Kier alpha value is -4.32. The maximum Gasteiger partial charge on any atom is 0.408 e. The molecule has 2 aromatic carbocycles. The van der Waals surface area contributed by atoms with Crippen molar-refractivity contribution in [2.45, 2.75) is 78.0 Å². The summed E-state index contributed by atoms with van der Waals surface area (Å²) in [6, 6.07) is 14.1. The van der Waals surface area contributed by atoms with Crippen LogP contribution in [0.15, 0.2) is 54.6 Å². The van der Waals surface area contributed by atoms with Gasteiger partial charge >= 0.3 is 12.1 Å². The predicted molar refractivity (Wildman–Crippen MR) is 161 cm³/mol. The summed E-state index contributed by atoms with van der Waals surface area (Å²) in [5.74, 6) is 1.21. The number of carbonyl (C=O) groups is 4. The van der Waals surface area contributed by atoms with E-state index in [4.69, 9.17) is 15.9 Å². The van der Waals surface area contributed by atoms with E-state index in [2.05, 4.69) is 16.6 Å². The van der Waals surface area contributed by atoms with Crippen molar-refractivity contribution in [2.75, 3.05) is 19.7 Å². The summed E-state index contributed by atoms with van der Waals surface area (Å²) < 4.78 is 10.4. The Morgan fingerprint density at radius 3 is 2.29 bits per heavy atom. The second-order valence-corrected chi connectivity index (χ2v) is 10.8. The third-order valence-corrected chi connectivity index (χ3v) is 6.21. The molecule has 0 spiro atoms. The fourth-order valence-electron chi connectivity index (χ4n) is 4.33. The van der Waals surface area contributed by atoms with Gasteiger partial charge < -0.3 is 25.0 Å². The van der Waals surface area contributed by atoms with Gasteiger partial charge in [-0.15, -0.1) is 6.42 Å².